The third kappa shape index (κ3) is 3.97. The summed E-state index contributed by atoms with van der Waals surface area (Å²) in [7, 11) is 0. The largest absolute Gasteiger partial charge is 0.344 e. The van der Waals surface area contributed by atoms with E-state index in [9.17, 15) is 4.79 Å². The van der Waals surface area contributed by atoms with E-state index in [-0.39, 0.29) is 11.9 Å². The number of piperidine rings is 1. The van der Waals surface area contributed by atoms with Crippen LogP contribution in [0.15, 0.2) is 18.2 Å². The minimum atomic E-state index is -0.240. The lowest BCUT2D eigenvalue weighted by molar-refractivity contribution is 0.0934. The molecule has 25 heavy (non-hydrogen) atoms. The van der Waals surface area contributed by atoms with Gasteiger partial charge < -0.3 is 10.6 Å². The number of carbonyl (C=O) groups excluding carboxylic acids is 1. The van der Waals surface area contributed by atoms with Gasteiger partial charge in [-0.25, -0.2) is 4.68 Å². The third-order valence-electron chi connectivity index (χ3n) is 4.59. The highest BCUT2D eigenvalue weighted by Gasteiger charge is 2.23. The van der Waals surface area contributed by atoms with Gasteiger partial charge >= 0.3 is 0 Å². The predicted octanol–water partition coefficient (Wildman–Crippen LogP) is 3.31. The van der Waals surface area contributed by atoms with Crippen LogP contribution < -0.4 is 10.6 Å². The topological polar surface area (TPSA) is 71.8 Å². The molecule has 1 amide bonds. The van der Waals surface area contributed by atoms with Gasteiger partial charge in [0.05, 0.1) is 27.8 Å². The van der Waals surface area contributed by atoms with Crippen LogP contribution in [0.5, 0.6) is 0 Å². The highest BCUT2D eigenvalue weighted by Crippen LogP contribution is 2.26. The molecule has 0 saturated carbocycles. The molecule has 0 bridgehead atoms. The highest BCUT2D eigenvalue weighted by molar-refractivity contribution is 6.42. The second kappa shape index (κ2) is 7.72. The van der Waals surface area contributed by atoms with E-state index in [4.69, 9.17) is 23.2 Å². The third-order valence-corrected chi connectivity index (χ3v) is 5.33. The summed E-state index contributed by atoms with van der Waals surface area (Å²) in [6.07, 6.45) is 1.98. The Labute approximate surface area is 156 Å². The van der Waals surface area contributed by atoms with E-state index in [1.165, 1.54) is 0 Å². The van der Waals surface area contributed by atoms with Crippen molar-refractivity contribution in [3.05, 3.63) is 45.2 Å². The first kappa shape index (κ1) is 18.2. The standard InChI is InChI=1S/C17H21Cl2N5O/c1-10(12-3-4-14(18)15(19)9-12)21-17(25)16-11(2)24(23-22-16)13-5-7-20-8-6-13/h3-4,9-10,13,20H,5-8H2,1-2H3,(H,21,25). The molecule has 6 nitrogen and oxygen atoms in total. The zero-order valence-corrected chi connectivity index (χ0v) is 15.7. The van der Waals surface area contributed by atoms with Crippen LogP contribution in [-0.2, 0) is 0 Å². The molecule has 1 aliphatic heterocycles. The van der Waals surface area contributed by atoms with E-state index in [1.54, 1.807) is 12.1 Å². The highest BCUT2D eigenvalue weighted by atomic mass is 35.5. The van der Waals surface area contributed by atoms with Gasteiger partial charge in [0.25, 0.3) is 5.91 Å². The SMILES string of the molecule is Cc1c(C(=O)NC(C)c2ccc(Cl)c(Cl)c2)nnn1C1CCNCC1. The van der Waals surface area contributed by atoms with Gasteiger partial charge in [-0.1, -0.05) is 34.5 Å². The number of halogens is 2. The van der Waals surface area contributed by atoms with Gasteiger partial charge in [-0.2, -0.15) is 0 Å². The number of hydrogen-bond acceptors (Lipinski definition) is 4. The summed E-state index contributed by atoms with van der Waals surface area (Å²) >= 11 is 12.0. The maximum absolute atomic E-state index is 12.6. The first-order chi connectivity index (χ1) is 12.0. The number of benzene rings is 1. The first-order valence-corrected chi connectivity index (χ1v) is 9.11. The number of nitrogens with one attached hydrogen (secondary N) is 2. The van der Waals surface area contributed by atoms with E-state index in [1.807, 2.05) is 24.6 Å². The normalized spacial score (nSPS) is 16.6. The van der Waals surface area contributed by atoms with E-state index < -0.39 is 0 Å². The average Bonchev–Trinajstić information content (AvgIpc) is 2.99. The molecule has 1 aromatic carbocycles. The molecule has 1 atom stereocenters. The number of hydrogen-bond donors (Lipinski definition) is 2. The molecule has 1 aliphatic rings. The van der Waals surface area contributed by atoms with Crippen LogP contribution in [-0.4, -0.2) is 34.0 Å². The Hall–Kier alpha value is -1.63. The Morgan fingerprint density at radius 1 is 1.32 bits per heavy atom. The Balaban J connectivity index is 1.72. The van der Waals surface area contributed by atoms with Crippen molar-refractivity contribution in [3.8, 4) is 0 Å². The van der Waals surface area contributed by atoms with Crippen molar-refractivity contribution >= 4 is 29.1 Å². The van der Waals surface area contributed by atoms with Gasteiger partial charge in [0, 0.05) is 0 Å². The van der Waals surface area contributed by atoms with Crippen molar-refractivity contribution in [2.24, 2.45) is 0 Å². The van der Waals surface area contributed by atoms with Crippen LogP contribution in [0.25, 0.3) is 0 Å². The first-order valence-electron chi connectivity index (χ1n) is 8.35. The fourth-order valence-electron chi connectivity index (χ4n) is 3.08. The number of rotatable bonds is 4. The summed E-state index contributed by atoms with van der Waals surface area (Å²) in [4.78, 5) is 12.6. The van der Waals surface area contributed by atoms with Crippen molar-refractivity contribution in [2.75, 3.05) is 13.1 Å². The van der Waals surface area contributed by atoms with Crippen LogP contribution in [0, 0.1) is 6.92 Å². The smallest absolute Gasteiger partial charge is 0.274 e. The predicted molar refractivity (Wildman–Crippen MR) is 98.2 cm³/mol. The maximum atomic E-state index is 12.6. The molecule has 2 heterocycles. The lowest BCUT2D eigenvalue weighted by Gasteiger charge is -2.23. The second-order valence-corrected chi connectivity index (χ2v) is 7.13. The lowest BCUT2D eigenvalue weighted by Crippen LogP contribution is -2.31. The minimum Gasteiger partial charge on any atom is -0.344 e. The number of nitrogens with zero attached hydrogens (tertiary/aromatic N) is 3. The minimum absolute atomic E-state index is 0.217. The van der Waals surface area contributed by atoms with Crippen molar-refractivity contribution in [2.45, 2.75) is 38.8 Å². The van der Waals surface area contributed by atoms with Crippen LogP contribution >= 0.6 is 23.2 Å². The molecule has 1 saturated heterocycles. The molecule has 0 spiro atoms. The molecule has 2 N–H and O–H groups in total. The molecule has 0 aliphatic carbocycles. The monoisotopic (exact) mass is 381 g/mol. The summed E-state index contributed by atoms with van der Waals surface area (Å²) in [5.41, 5.74) is 2.04. The summed E-state index contributed by atoms with van der Waals surface area (Å²) < 4.78 is 1.87. The van der Waals surface area contributed by atoms with Crippen molar-refractivity contribution < 1.29 is 4.79 Å². The fourth-order valence-corrected chi connectivity index (χ4v) is 3.39. The van der Waals surface area contributed by atoms with Gasteiger partial charge in [0.15, 0.2) is 5.69 Å². The van der Waals surface area contributed by atoms with Crippen LogP contribution in [0.1, 0.15) is 53.6 Å². The number of amides is 1. The summed E-state index contributed by atoms with van der Waals surface area (Å²) in [6, 6.07) is 5.40. The van der Waals surface area contributed by atoms with Gasteiger partial charge in [-0.05, 0) is 57.5 Å². The molecule has 2 aromatic rings. The van der Waals surface area contributed by atoms with Gasteiger partial charge in [-0.3, -0.25) is 4.79 Å². The average molecular weight is 382 g/mol. The molecule has 3 rings (SSSR count). The molecule has 134 valence electrons. The summed E-state index contributed by atoms with van der Waals surface area (Å²) in [6.45, 7) is 5.70. The molecule has 0 radical (unpaired) electrons. The summed E-state index contributed by atoms with van der Waals surface area (Å²) in [5, 5.41) is 15.5. The quantitative estimate of drug-likeness (QED) is 0.851. The lowest BCUT2D eigenvalue weighted by atomic mass is 10.1. The Morgan fingerprint density at radius 3 is 2.72 bits per heavy atom. The van der Waals surface area contributed by atoms with Crippen molar-refractivity contribution in [3.63, 3.8) is 0 Å². The van der Waals surface area contributed by atoms with Crippen LogP contribution in [0.4, 0.5) is 0 Å². The van der Waals surface area contributed by atoms with E-state index in [0.29, 0.717) is 21.8 Å². The van der Waals surface area contributed by atoms with Crippen molar-refractivity contribution in [1.29, 1.82) is 0 Å². The maximum Gasteiger partial charge on any atom is 0.274 e. The van der Waals surface area contributed by atoms with E-state index in [2.05, 4.69) is 20.9 Å². The Kier molecular flexibility index (Phi) is 5.61. The number of aromatic nitrogens is 3. The molecule has 1 aromatic heterocycles. The van der Waals surface area contributed by atoms with Crippen molar-refractivity contribution in [1.82, 2.24) is 25.6 Å². The molecular weight excluding hydrogens is 361 g/mol. The molecular formula is C17H21Cl2N5O. The number of carbonyl (C=O) groups is 1. The summed E-state index contributed by atoms with van der Waals surface area (Å²) in [5.74, 6) is -0.240. The van der Waals surface area contributed by atoms with Gasteiger partial charge in [0.2, 0.25) is 0 Å². The molecule has 1 fully saturated rings. The van der Waals surface area contributed by atoms with Crippen LogP contribution in [0.2, 0.25) is 10.0 Å². The Bertz CT molecular complexity index is 770. The Morgan fingerprint density at radius 2 is 2.04 bits per heavy atom. The second-order valence-electron chi connectivity index (χ2n) is 6.32. The fraction of sp³-hybridized carbons (Fsp3) is 0.471. The van der Waals surface area contributed by atoms with Crippen LogP contribution in [0.3, 0.4) is 0 Å². The molecule has 1 unspecified atom stereocenters. The molecule has 8 heteroatoms. The zero-order chi connectivity index (χ0) is 18.0. The van der Waals surface area contributed by atoms with E-state index in [0.717, 1.165) is 37.2 Å². The van der Waals surface area contributed by atoms with E-state index >= 15 is 0 Å². The van der Waals surface area contributed by atoms with Gasteiger partial charge in [0.1, 0.15) is 0 Å². The zero-order valence-electron chi connectivity index (χ0n) is 14.2. The van der Waals surface area contributed by atoms with Gasteiger partial charge in [-0.15, -0.1) is 5.10 Å².